The molecule has 0 atom stereocenters. The van der Waals surface area contributed by atoms with E-state index in [0.29, 0.717) is 22.8 Å². The van der Waals surface area contributed by atoms with E-state index in [2.05, 4.69) is 10.3 Å². The predicted octanol–water partition coefficient (Wildman–Crippen LogP) is 2.23. The molecule has 1 amide bonds. The molecule has 0 spiro atoms. The largest absolute Gasteiger partial charge is 0.456 e. The molecule has 2 aromatic heterocycles. The highest BCUT2D eigenvalue weighted by Gasteiger charge is 2.20. The van der Waals surface area contributed by atoms with Gasteiger partial charge >= 0.3 is 5.97 Å². The predicted molar refractivity (Wildman–Crippen MR) is 117 cm³/mol. The lowest BCUT2D eigenvalue weighted by Gasteiger charge is -2.11. The van der Waals surface area contributed by atoms with Crippen molar-refractivity contribution >= 4 is 44.3 Å². The first-order valence-electron chi connectivity index (χ1n) is 9.63. The summed E-state index contributed by atoms with van der Waals surface area (Å²) in [7, 11) is -0.646. The van der Waals surface area contributed by atoms with Crippen molar-refractivity contribution in [2.45, 2.75) is 31.4 Å². The number of carbonyl (C=O) groups excluding carboxylic acids is 2. The van der Waals surface area contributed by atoms with Crippen molar-refractivity contribution in [1.82, 2.24) is 19.2 Å². The Hall–Kier alpha value is -2.76. The molecule has 0 saturated carbocycles. The first-order chi connectivity index (χ1) is 14.7. The van der Waals surface area contributed by atoms with Gasteiger partial charge in [-0.15, -0.1) is 11.3 Å². The van der Waals surface area contributed by atoms with E-state index in [1.54, 1.807) is 29.6 Å². The minimum Gasteiger partial charge on any atom is -0.456 e. The first kappa shape index (κ1) is 22.9. The van der Waals surface area contributed by atoms with Crippen LogP contribution in [0.4, 0.5) is 0 Å². The number of nitrogens with zero attached hydrogens (tertiary/aromatic N) is 3. The molecule has 3 rings (SSSR count). The summed E-state index contributed by atoms with van der Waals surface area (Å²) in [6, 6.07) is 8.19. The minimum atomic E-state index is -3.58. The summed E-state index contributed by atoms with van der Waals surface area (Å²) in [5.74, 6) is -0.412. The number of carbonyl (C=O) groups is 2. The van der Waals surface area contributed by atoms with Gasteiger partial charge in [0, 0.05) is 20.6 Å². The molecule has 0 bridgehead atoms. The summed E-state index contributed by atoms with van der Waals surface area (Å²) in [6.07, 6.45) is 0.820. The van der Waals surface area contributed by atoms with Crippen LogP contribution >= 0.6 is 11.3 Å². The highest BCUT2D eigenvalue weighted by Crippen LogP contribution is 2.23. The molecule has 0 aliphatic carbocycles. The number of benzene rings is 1. The minimum absolute atomic E-state index is 0.0852. The Bertz CT molecular complexity index is 1180. The zero-order chi connectivity index (χ0) is 22.6. The van der Waals surface area contributed by atoms with Crippen molar-refractivity contribution in [1.29, 1.82) is 0 Å². The second-order valence-corrected chi connectivity index (χ2v) is 10.0. The fraction of sp³-hybridized carbons (Fsp3) is 0.350. The van der Waals surface area contributed by atoms with E-state index >= 15 is 0 Å². The number of thiophene rings is 1. The molecule has 0 saturated heterocycles. The number of imidazole rings is 1. The fourth-order valence-electron chi connectivity index (χ4n) is 2.96. The Morgan fingerprint density at radius 1 is 1.26 bits per heavy atom. The number of esters is 1. The molecule has 1 aromatic carbocycles. The number of hydrogen-bond acceptors (Lipinski definition) is 7. The van der Waals surface area contributed by atoms with Crippen LogP contribution in [0.5, 0.6) is 0 Å². The van der Waals surface area contributed by atoms with Crippen LogP contribution in [0.2, 0.25) is 0 Å². The van der Waals surface area contributed by atoms with Gasteiger partial charge in [0.15, 0.2) is 0 Å². The van der Waals surface area contributed by atoms with Crippen LogP contribution in [0.25, 0.3) is 11.0 Å². The molecule has 2 heterocycles. The Labute approximate surface area is 184 Å². The van der Waals surface area contributed by atoms with Crippen molar-refractivity contribution < 1.29 is 22.7 Å². The average Bonchev–Trinajstić information content (AvgIpc) is 3.39. The maximum atomic E-state index is 12.4. The molecule has 0 fully saturated rings. The van der Waals surface area contributed by atoms with Crippen molar-refractivity contribution in [3.05, 3.63) is 46.4 Å². The van der Waals surface area contributed by atoms with E-state index < -0.39 is 16.0 Å². The Balaban J connectivity index is 1.73. The second kappa shape index (κ2) is 9.58. The maximum absolute atomic E-state index is 12.4. The fourth-order valence-corrected chi connectivity index (χ4v) is 4.52. The Morgan fingerprint density at radius 2 is 2.03 bits per heavy atom. The normalized spacial score (nSPS) is 11.7. The van der Waals surface area contributed by atoms with Crippen LogP contribution in [-0.2, 0) is 32.7 Å². The highest BCUT2D eigenvalue weighted by molar-refractivity contribution is 7.89. The lowest BCUT2D eigenvalue weighted by Crippen LogP contribution is -2.30. The number of aryl methyl sites for hydroxylation is 1. The summed E-state index contributed by atoms with van der Waals surface area (Å²) >= 11 is 1.28. The quantitative estimate of drug-likeness (QED) is 0.486. The van der Waals surface area contributed by atoms with Gasteiger partial charge in [0.25, 0.3) is 5.91 Å². The molecule has 166 valence electrons. The third-order valence-corrected chi connectivity index (χ3v) is 7.20. The number of sulfonamides is 1. The van der Waals surface area contributed by atoms with Gasteiger partial charge in [-0.3, -0.25) is 9.59 Å². The third-order valence-electron chi connectivity index (χ3n) is 4.53. The average molecular weight is 465 g/mol. The van der Waals surface area contributed by atoms with Crippen molar-refractivity contribution in [3.63, 3.8) is 0 Å². The molecule has 1 N–H and O–H groups in total. The Morgan fingerprint density at radius 3 is 2.68 bits per heavy atom. The number of rotatable bonds is 9. The van der Waals surface area contributed by atoms with E-state index in [-0.39, 0.29) is 24.0 Å². The highest BCUT2D eigenvalue weighted by atomic mass is 32.2. The number of hydrogen-bond donors (Lipinski definition) is 1. The first-order valence-corrected chi connectivity index (χ1v) is 11.9. The monoisotopic (exact) mass is 464 g/mol. The van der Waals surface area contributed by atoms with Gasteiger partial charge in [-0.05, 0) is 36.1 Å². The summed E-state index contributed by atoms with van der Waals surface area (Å²) in [6.45, 7) is 2.30. The number of ether oxygens (including phenoxy) is 1. The van der Waals surface area contributed by atoms with Crippen LogP contribution in [0, 0.1) is 0 Å². The maximum Gasteiger partial charge on any atom is 0.325 e. The Kier molecular flexibility index (Phi) is 7.08. The van der Waals surface area contributed by atoms with Gasteiger partial charge < -0.3 is 14.6 Å². The molecule has 0 aliphatic rings. The lowest BCUT2D eigenvalue weighted by atomic mass is 10.3. The zero-order valence-electron chi connectivity index (χ0n) is 17.5. The number of amides is 1. The third kappa shape index (κ3) is 5.12. The van der Waals surface area contributed by atoms with Crippen LogP contribution in [0.15, 0.2) is 40.6 Å². The van der Waals surface area contributed by atoms with E-state index in [1.807, 2.05) is 11.5 Å². The molecule has 0 unspecified atom stereocenters. The van der Waals surface area contributed by atoms with Gasteiger partial charge in [-0.2, -0.15) is 0 Å². The van der Waals surface area contributed by atoms with Crippen molar-refractivity contribution in [2.24, 2.45) is 0 Å². The molecule has 0 aliphatic heterocycles. The summed E-state index contributed by atoms with van der Waals surface area (Å²) in [5, 5.41) is 4.30. The van der Waals surface area contributed by atoms with Gasteiger partial charge in [0.05, 0.1) is 20.8 Å². The topological polar surface area (TPSA) is 111 Å². The molecule has 9 nitrogen and oxygen atoms in total. The molecule has 3 aromatic rings. The summed E-state index contributed by atoms with van der Waals surface area (Å²) in [5.41, 5.74) is 1.27. The molecule has 11 heteroatoms. The second-order valence-electron chi connectivity index (χ2n) is 6.94. The lowest BCUT2D eigenvalue weighted by molar-refractivity contribution is -0.144. The van der Waals surface area contributed by atoms with Crippen molar-refractivity contribution in [2.75, 3.05) is 20.6 Å². The van der Waals surface area contributed by atoms with Crippen LogP contribution in [0.1, 0.15) is 28.8 Å². The van der Waals surface area contributed by atoms with E-state index in [9.17, 15) is 18.0 Å². The van der Waals surface area contributed by atoms with Gasteiger partial charge in [0.1, 0.15) is 19.0 Å². The van der Waals surface area contributed by atoms with Gasteiger partial charge in [0.2, 0.25) is 10.0 Å². The SMILES string of the molecule is CCCn1c(COC(=O)CNC(=O)c2cccs2)nc2cc(S(=O)(=O)N(C)C)ccc21. The summed E-state index contributed by atoms with van der Waals surface area (Å²) in [4.78, 5) is 29.2. The number of aromatic nitrogens is 2. The van der Waals surface area contributed by atoms with Gasteiger partial charge in [-0.25, -0.2) is 17.7 Å². The van der Waals surface area contributed by atoms with Crippen LogP contribution in [-0.4, -0.2) is 54.8 Å². The molecule has 0 radical (unpaired) electrons. The van der Waals surface area contributed by atoms with E-state index in [4.69, 9.17) is 4.74 Å². The molecule has 31 heavy (non-hydrogen) atoms. The molecular weight excluding hydrogens is 440 g/mol. The smallest absolute Gasteiger partial charge is 0.325 e. The van der Waals surface area contributed by atoms with Crippen LogP contribution in [0.3, 0.4) is 0 Å². The molecular formula is C20H24N4O5S2. The summed E-state index contributed by atoms with van der Waals surface area (Å²) < 4.78 is 33.1. The van der Waals surface area contributed by atoms with Crippen molar-refractivity contribution in [3.8, 4) is 0 Å². The number of fused-ring (bicyclic) bond motifs is 1. The van der Waals surface area contributed by atoms with E-state index in [1.165, 1.54) is 31.5 Å². The standard InChI is InChI=1S/C20H24N4O5S2/c1-4-9-24-16-8-7-14(31(27,28)23(2)3)11-15(16)22-18(24)13-29-19(25)12-21-20(26)17-6-5-10-30-17/h5-8,10-11H,4,9,12-13H2,1-3H3,(H,21,26). The number of nitrogens with one attached hydrogen (secondary N) is 1. The van der Waals surface area contributed by atoms with Gasteiger partial charge in [-0.1, -0.05) is 13.0 Å². The zero-order valence-corrected chi connectivity index (χ0v) is 19.1. The van der Waals surface area contributed by atoms with E-state index in [0.717, 1.165) is 16.2 Å². The van der Waals surface area contributed by atoms with Crippen LogP contribution < -0.4 is 5.32 Å².